The van der Waals surface area contributed by atoms with Gasteiger partial charge in [0, 0.05) is 39.8 Å². The van der Waals surface area contributed by atoms with Crippen LogP contribution in [0.1, 0.15) is 22.5 Å². The molecule has 3 aromatic carbocycles. The molecule has 0 atom stereocenters. The minimum Gasteiger partial charge on any atom is -0.361 e. The molecule has 0 unspecified atom stereocenters. The van der Waals surface area contributed by atoms with Gasteiger partial charge in [0.1, 0.15) is 11.5 Å². The number of fused-ring (bicyclic) bond motifs is 4. The van der Waals surface area contributed by atoms with Crippen molar-refractivity contribution < 1.29 is 0 Å². The molecule has 0 saturated heterocycles. The zero-order chi connectivity index (χ0) is 22.4. The summed E-state index contributed by atoms with van der Waals surface area (Å²) in [5.74, 6) is 1.53. The summed E-state index contributed by atoms with van der Waals surface area (Å²) in [6.45, 7) is 2.63. The summed E-state index contributed by atoms with van der Waals surface area (Å²) in [5.41, 5.74) is 6.31. The van der Waals surface area contributed by atoms with Gasteiger partial charge >= 0.3 is 0 Å². The van der Waals surface area contributed by atoms with Crippen LogP contribution in [0.3, 0.4) is 0 Å². The first kappa shape index (κ1) is 19.8. The summed E-state index contributed by atoms with van der Waals surface area (Å²) in [4.78, 5) is 3.37. The number of aryl methyl sites for hydroxylation is 1. The maximum absolute atomic E-state index is 6.17. The van der Waals surface area contributed by atoms with Crippen LogP contribution in [0.15, 0.2) is 84.1 Å². The van der Waals surface area contributed by atoms with Gasteiger partial charge in [0.15, 0.2) is 0 Å². The van der Waals surface area contributed by atoms with Crippen LogP contribution in [0.25, 0.3) is 16.6 Å². The van der Waals surface area contributed by atoms with Crippen molar-refractivity contribution in [2.75, 3.05) is 11.6 Å². The lowest BCUT2D eigenvalue weighted by Crippen LogP contribution is -2.23. The molecule has 0 amide bonds. The molecule has 162 valence electrons. The van der Waals surface area contributed by atoms with E-state index in [0.29, 0.717) is 17.5 Å². The lowest BCUT2D eigenvalue weighted by atomic mass is 10.0. The Kier molecular flexibility index (Phi) is 4.73. The Hall–Kier alpha value is -3.90. The highest BCUT2D eigenvalue weighted by Crippen LogP contribution is 2.30. The van der Waals surface area contributed by atoms with Crippen LogP contribution < -0.4 is 5.01 Å². The first-order valence-corrected chi connectivity index (χ1v) is 11.3. The van der Waals surface area contributed by atoms with E-state index in [9.17, 15) is 0 Å². The Labute approximate surface area is 196 Å². The number of hydrogen-bond acceptors (Lipinski definition) is 4. The van der Waals surface area contributed by atoms with Gasteiger partial charge in [0.2, 0.25) is 0 Å². The van der Waals surface area contributed by atoms with E-state index in [1.54, 1.807) is 0 Å². The summed E-state index contributed by atoms with van der Waals surface area (Å²) in [6, 6.07) is 24.4. The van der Waals surface area contributed by atoms with Crippen molar-refractivity contribution in [3.63, 3.8) is 0 Å². The average molecular weight is 453 g/mol. The summed E-state index contributed by atoms with van der Waals surface area (Å²) < 4.78 is 2.08. The van der Waals surface area contributed by atoms with E-state index in [1.807, 2.05) is 54.4 Å². The molecule has 3 heterocycles. The fourth-order valence-electron chi connectivity index (χ4n) is 4.42. The maximum atomic E-state index is 6.17. The first-order chi connectivity index (χ1) is 16.2. The Morgan fingerprint density at radius 3 is 2.58 bits per heavy atom. The maximum Gasteiger partial charge on any atom is 0.252 e. The van der Waals surface area contributed by atoms with Crippen LogP contribution >= 0.6 is 11.6 Å². The van der Waals surface area contributed by atoms with Gasteiger partial charge < -0.3 is 4.98 Å². The van der Waals surface area contributed by atoms with Gasteiger partial charge in [-0.2, -0.15) is 5.10 Å². The fourth-order valence-corrected chi connectivity index (χ4v) is 4.55. The molecule has 0 spiro atoms. The number of H-pyrrole nitrogens is 1. The molecule has 7 heteroatoms. The summed E-state index contributed by atoms with van der Waals surface area (Å²) in [6.07, 6.45) is 2.89. The lowest BCUT2D eigenvalue weighted by molar-refractivity contribution is 0.782. The van der Waals surface area contributed by atoms with E-state index in [2.05, 4.69) is 56.3 Å². The van der Waals surface area contributed by atoms with Crippen molar-refractivity contribution in [1.82, 2.24) is 19.7 Å². The molecular weight excluding hydrogens is 432 g/mol. The third-order valence-electron chi connectivity index (χ3n) is 6.04. The molecule has 1 aliphatic heterocycles. The second-order valence-electron chi connectivity index (χ2n) is 8.09. The first-order valence-electron chi connectivity index (χ1n) is 10.9. The second kappa shape index (κ2) is 7.90. The van der Waals surface area contributed by atoms with Crippen molar-refractivity contribution in [3.8, 4) is 5.69 Å². The molecule has 0 aliphatic carbocycles. The van der Waals surface area contributed by atoms with Crippen molar-refractivity contribution in [3.05, 3.63) is 107 Å². The lowest BCUT2D eigenvalue weighted by Gasteiger charge is -2.17. The van der Waals surface area contributed by atoms with Gasteiger partial charge in [-0.15, -0.1) is 10.2 Å². The number of nitrogens with zero attached hydrogens (tertiary/aromatic N) is 5. The van der Waals surface area contributed by atoms with E-state index in [-0.39, 0.29) is 0 Å². The Morgan fingerprint density at radius 1 is 0.909 bits per heavy atom. The van der Waals surface area contributed by atoms with E-state index in [4.69, 9.17) is 16.7 Å². The van der Waals surface area contributed by atoms with Crippen LogP contribution in [0.2, 0.25) is 5.02 Å². The highest BCUT2D eigenvalue weighted by Gasteiger charge is 2.26. The van der Waals surface area contributed by atoms with Gasteiger partial charge in [-0.05, 0) is 43.2 Å². The van der Waals surface area contributed by atoms with Crippen molar-refractivity contribution in [2.45, 2.75) is 13.3 Å². The predicted octanol–water partition coefficient (Wildman–Crippen LogP) is 5.53. The molecule has 0 radical (unpaired) electrons. The summed E-state index contributed by atoms with van der Waals surface area (Å²) in [7, 11) is 0. The molecule has 0 bridgehead atoms. The summed E-state index contributed by atoms with van der Waals surface area (Å²) >= 11 is 6.17. The molecule has 2 aromatic heterocycles. The van der Waals surface area contributed by atoms with Gasteiger partial charge in [-0.3, -0.25) is 4.57 Å². The minimum absolute atomic E-state index is 0.658. The SMILES string of the molecule is Cc1nnc2n1-c1ccccc1C(c1ccc(Cl)cc1)=NN2CCc1c[nH]c2ccccc12. The quantitative estimate of drug-likeness (QED) is 0.390. The van der Waals surface area contributed by atoms with Gasteiger partial charge in [0.25, 0.3) is 5.95 Å². The molecule has 1 aliphatic rings. The molecular formula is C26H21ClN6. The molecule has 6 rings (SSSR count). The summed E-state index contributed by atoms with van der Waals surface area (Å²) in [5, 5.41) is 17.9. The Bertz CT molecular complexity index is 1500. The molecule has 5 aromatic rings. The number of para-hydroxylation sites is 2. The Morgan fingerprint density at radius 2 is 1.70 bits per heavy atom. The van der Waals surface area contributed by atoms with Crippen molar-refractivity contribution in [2.24, 2.45) is 5.10 Å². The number of nitrogens with one attached hydrogen (secondary N) is 1. The number of anilines is 1. The predicted molar refractivity (Wildman–Crippen MR) is 133 cm³/mol. The number of aromatic nitrogens is 4. The number of benzene rings is 3. The third kappa shape index (κ3) is 3.39. The molecule has 1 N–H and O–H groups in total. The average Bonchev–Trinajstić information content (AvgIpc) is 3.40. The second-order valence-corrected chi connectivity index (χ2v) is 8.52. The number of rotatable bonds is 4. The van der Waals surface area contributed by atoms with Gasteiger partial charge in [-0.25, -0.2) is 5.01 Å². The van der Waals surface area contributed by atoms with Gasteiger partial charge in [0.05, 0.1) is 5.69 Å². The normalized spacial score (nSPS) is 12.9. The largest absolute Gasteiger partial charge is 0.361 e. The molecule has 6 nitrogen and oxygen atoms in total. The number of aromatic amines is 1. The number of hydrogen-bond donors (Lipinski definition) is 1. The highest BCUT2D eigenvalue weighted by molar-refractivity contribution is 6.30. The standard InChI is InChI=1S/C26H21ClN6/c1-17-29-30-26-32(15-14-19-16-28-23-8-4-2-6-21(19)23)31-25(18-10-12-20(27)13-11-18)22-7-3-5-9-24(22)33(17)26/h2-13,16,28H,14-15H2,1H3. The molecule has 0 fully saturated rings. The zero-order valence-electron chi connectivity index (χ0n) is 18.0. The smallest absolute Gasteiger partial charge is 0.252 e. The van der Waals surface area contributed by atoms with Gasteiger partial charge in [-0.1, -0.05) is 60.1 Å². The Balaban J connectivity index is 1.47. The van der Waals surface area contributed by atoms with Crippen LogP contribution in [-0.2, 0) is 6.42 Å². The highest BCUT2D eigenvalue weighted by atomic mass is 35.5. The van der Waals surface area contributed by atoms with Crippen LogP contribution in [0, 0.1) is 6.92 Å². The van der Waals surface area contributed by atoms with Crippen molar-refractivity contribution in [1.29, 1.82) is 0 Å². The van der Waals surface area contributed by atoms with E-state index < -0.39 is 0 Å². The minimum atomic E-state index is 0.658. The van der Waals surface area contributed by atoms with E-state index in [0.717, 1.165) is 40.3 Å². The zero-order valence-corrected chi connectivity index (χ0v) is 18.8. The number of hydrazone groups is 1. The van der Waals surface area contributed by atoms with Crippen LogP contribution in [0.4, 0.5) is 5.95 Å². The topological polar surface area (TPSA) is 62.1 Å². The monoisotopic (exact) mass is 452 g/mol. The van der Waals surface area contributed by atoms with Crippen molar-refractivity contribution >= 4 is 34.2 Å². The van der Waals surface area contributed by atoms with Crippen LogP contribution in [0.5, 0.6) is 0 Å². The third-order valence-corrected chi connectivity index (χ3v) is 6.30. The van der Waals surface area contributed by atoms with E-state index in [1.165, 1.54) is 10.9 Å². The molecule has 33 heavy (non-hydrogen) atoms. The molecule has 0 saturated carbocycles. The fraction of sp³-hybridized carbons (Fsp3) is 0.115. The van der Waals surface area contributed by atoms with E-state index >= 15 is 0 Å². The number of halogens is 1. The van der Waals surface area contributed by atoms with Crippen LogP contribution in [-0.4, -0.2) is 32.0 Å².